The number of unbranched alkanes of at least 4 members (excludes halogenated alkanes) is 1. The Morgan fingerprint density at radius 1 is 1.17 bits per heavy atom. The lowest BCUT2D eigenvalue weighted by Gasteiger charge is -2.03. The van der Waals surface area contributed by atoms with E-state index in [0.29, 0.717) is 19.4 Å². The van der Waals surface area contributed by atoms with Crippen LogP contribution >= 0.6 is 8.03 Å². The van der Waals surface area contributed by atoms with Crippen molar-refractivity contribution in [3.63, 3.8) is 0 Å². The molecule has 0 N–H and O–H groups in total. The summed E-state index contributed by atoms with van der Waals surface area (Å²) in [6.45, 7) is 5.80. The normalized spacial score (nSPS) is 13.2. The van der Waals surface area contributed by atoms with Crippen molar-refractivity contribution in [2.24, 2.45) is 0 Å². The van der Waals surface area contributed by atoms with E-state index in [1.807, 2.05) is 6.92 Å². The molecule has 1 unspecified atom stereocenters. The van der Waals surface area contributed by atoms with Gasteiger partial charge in [-0.2, -0.15) is 0 Å². The third-order valence-electron chi connectivity index (χ3n) is 1.42. The number of ether oxygens (including phenoxy) is 1. The Hall–Kier alpha value is 0.150. The summed E-state index contributed by atoms with van der Waals surface area (Å²) in [7, 11) is -1.75. The smallest absolute Gasteiger partial charge is 0.191 e. The Balaban J connectivity index is 2.95. The van der Waals surface area contributed by atoms with Crippen LogP contribution in [0.2, 0.25) is 0 Å². The Morgan fingerprint density at radius 3 is 2.50 bits per heavy atom. The maximum atomic E-state index is 10.8. The maximum Gasteiger partial charge on any atom is 0.191 e. The van der Waals surface area contributed by atoms with Gasteiger partial charge < -0.3 is 9.26 Å². The standard InChI is InChI=1S/C8H19O3P/c1-3-5-6-10-7-8-11-12(9)4-2/h12H,3-8H2,1-2H3. The zero-order valence-corrected chi connectivity index (χ0v) is 8.97. The molecular weight excluding hydrogens is 175 g/mol. The van der Waals surface area contributed by atoms with Crippen LogP contribution < -0.4 is 0 Å². The van der Waals surface area contributed by atoms with Gasteiger partial charge in [-0.05, 0) is 6.42 Å². The molecule has 0 spiro atoms. The molecule has 0 saturated carbocycles. The molecule has 74 valence electrons. The average Bonchev–Trinajstić information content (AvgIpc) is 2.10. The van der Waals surface area contributed by atoms with Crippen LogP contribution in [0.25, 0.3) is 0 Å². The fourth-order valence-corrected chi connectivity index (χ4v) is 1.18. The summed E-state index contributed by atoms with van der Waals surface area (Å²) in [4.78, 5) is 0. The molecule has 3 nitrogen and oxygen atoms in total. The molecule has 0 saturated heterocycles. The van der Waals surface area contributed by atoms with Gasteiger partial charge in [0.15, 0.2) is 8.03 Å². The molecule has 0 bridgehead atoms. The van der Waals surface area contributed by atoms with E-state index < -0.39 is 8.03 Å². The van der Waals surface area contributed by atoms with Gasteiger partial charge in [0.05, 0.1) is 13.2 Å². The van der Waals surface area contributed by atoms with Crippen molar-refractivity contribution in [2.75, 3.05) is 26.0 Å². The molecule has 0 aliphatic carbocycles. The van der Waals surface area contributed by atoms with Gasteiger partial charge in [0.2, 0.25) is 0 Å². The van der Waals surface area contributed by atoms with Crippen molar-refractivity contribution in [2.45, 2.75) is 26.7 Å². The minimum absolute atomic E-state index is 0.468. The molecule has 0 aromatic carbocycles. The third-order valence-corrected chi connectivity index (χ3v) is 2.53. The van der Waals surface area contributed by atoms with Crippen LogP contribution in [-0.2, 0) is 13.8 Å². The number of rotatable bonds is 8. The van der Waals surface area contributed by atoms with Gasteiger partial charge in [0.25, 0.3) is 0 Å². The van der Waals surface area contributed by atoms with E-state index in [-0.39, 0.29) is 0 Å². The molecule has 0 radical (unpaired) electrons. The first-order valence-corrected chi connectivity index (χ1v) is 6.07. The molecule has 0 aromatic rings. The summed E-state index contributed by atoms with van der Waals surface area (Å²) in [5, 5.41) is 0. The second-order valence-electron chi connectivity index (χ2n) is 2.54. The topological polar surface area (TPSA) is 35.5 Å². The van der Waals surface area contributed by atoms with Crippen molar-refractivity contribution in [1.82, 2.24) is 0 Å². The van der Waals surface area contributed by atoms with Gasteiger partial charge >= 0.3 is 0 Å². The average molecular weight is 194 g/mol. The number of hydrogen-bond acceptors (Lipinski definition) is 3. The fraction of sp³-hybridized carbons (Fsp3) is 1.00. The van der Waals surface area contributed by atoms with Crippen LogP contribution in [-0.4, -0.2) is 26.0 Å². The summed E-state index contributed by atoms with van der Waals surface area (Å²) in [5.41, 5.74) is 0. The lowest BCUT2D eigenvalue weighted by atomic mass is 10.4. The summed E-state index contributed by atoms with van der Waals surface area (Å²) >= 11 is 0. The second kappa shape index (κ2) is 9.24. The first-order chi connectivity index (χ1) is 5.81. The molecule has 1 atom stereocenters. The summed E-state index contributed by atoms with van der Waals surface area (Å²) < 4.78 is 21.0. The monoisotopic (exact) mass is 194 g/mol. The zero-order valence-electron chi connectivity index (χ0n) is 7.97. The van der Waals surface area contributed by atoms with E-state index in [0.717, 1.165) is 19.4 Å². The SMILES string of the molecule is CCCCOCCO[PH](=O)CC. The van der Waals surface area contributed by atoms with Crippen LogP contribution in [0.3, 0.4) is 0 Å². The van der Waals surface area contributed by atoms with E-state index in [4.69, 9.17) is 9.26 Å². The lowest BCUT2D eigenvalue weighted by molar-refractivity contribution is 0.101. The molecular formula is C8H19O3P. The quantitative estimate of drug-likeness (QED) is 0.439. The maximum absolute atomic E-state index is 10.8. The largest absolute Gasteiger partial charge is 0.379 e. The van der Waals surface area contributed by atoms with Crippen LogP contribution in [0.5, 0.6) is 0 Å². The van der Waals surface area contributed by atoms with Gasteiger partial charge in [0, 0.05) is 12.8 Å². The highest BCUT2D eigenvalue weighted by molar-refractivity contribution is 7.39. The van der Waals surface area contributed by atoms with Crippen molar-refractivity contribution < 1.29 is 13.8 Å². The Kier molecular flexibility index (Phi) is 9.36. The van der Waals surface area contributed by atoms with Gasteiger partial charge in [0.1, 0.15) is 0 Å². The predicted molar refractivity (Wildman–Crippen MR) is 51.2 cm³/mol. The first-order valence-electron chi connectivity index (χ1n) is 4.54. The molecule has 0 aromatic heterocycles. The number of hydrogen-bond donors (Lipinski definition) is 0. The summed E-state index contributed by atoms with van der Waals surface area (Å²) in [5.74, 6) is 0. The van der Waals surface area contributed by atoms with Gasteiger partial charge in [-0.1, -0.05) is 20.3 Å². The lowest BCUT2D eigenvalue weighted by Crippen LogP contribution is -2.02. The minimum Gasteiger partial charge on any atom is -0.379 e. The third kappa shape index (κ3) is 8.25. The van der Waals surface area contributed by atoms with Gasteiger partial charge in [-0.25, -0.2) is 0 Å². The highest BCUT2D eigenvalue weighted by atomic mass is 31.1. The van der Waals surface area contributed by atoms with Gasteiger partial charge in [-0.15, -0.1) is 0 Å². The molecule has 0 aliphatic heterocycles. The Morgan fingerprint density at radius 2 is 1.92 bits per heavy atom. The molecule has 0 rings (SSSR count). The van der Waals surface area contributed by atoms with Crippen LogP contribution in [0.15, 0.2) is 0 Å². The molecule has 12 heavy (non-hydrogen) atoms. The molecule has 4 heteroatoms. The van der Waals surface area contributed by atoms with Crippen LogP contribution in [0.1, 0.15) is 26.7 Å². The fourth-order valence-electron chi connectivity index (χ4n) is 0.665. The van der Waals surface area contributed by atoms with Crippen LogP contribution in [0.4, 0.5) is 0 Å². The highest BCUT2D eigenvalue weighted by Crippen LogP contribution is 2.19. The molecule has 0 heterocycles. The minimum atomic E-state index is -1.75. The van der Waals surface area contributed by atoms with E-state index in [1.54, 1.807) is 0 Å². The molecule has 0 amide bonds. The van der Waals surface area contributed by atoms with Crippen LogP contribution in [0, 0.1) is 0 Å². The van der Waals surface area contributed by atoms with E-state index in [1.165, 1.54) is 0 Å². The zero-order chi connectivity index (χ0) is 9.23. The summed E-state index contributed by atoms with van der Waals surface area (Å²) in [6, 6.07) is 0. The molecule has 0 aliphatic rings. The predicted octanol–water partition coefficient (Wildman–Crippen LogP) is 2.31. The van der Waals surface area contributed by atoms with Gasteiger partial charge in [-0.3, -0.25) is 4.57 Å². The second-order valence-corrected chi connectivity index (χ2v) is 4.28. The van der Waals surface area contributed by atoms with E-state index >= 15 is 0 Å². The van der Waals surface area contributed by atoms with Crippen molar-refractivity contribution >= 4 is 8.03 Å². The van der Waals surface area contributed by atoms with E-state index in [2.05, 4.69) is 6.92 Å². The van der Waals surface area contributed by atoms with Crippen molar-refractivity contribution in [3.8, 4) is 0 Å². The van der Waals surface area contributed by atoms with Crippen molar-refractivity contribution in [1.29, 1.82) is 0 Å². The first kappa shape index (κ1) is 12.2. The summed E-state index contributed by atoms with van der Waals surface area (Å²) in [6.07, 6.45) is 2.86. The Bertz CT molecular complexity index is 117. The Labute approximate surface area is 75.3 Å². The highest BCUT2D eigenvalue weighted by Gasteiger charge is 1.94. The van der Waals surface area contributed by atoms with E-state index in [9.17, 15) is 4.57 Å². The van der Waals surface area contributed by atoms with Crippen molar-refractivity contribution in [3.05, 3.63) is 0 Å². The molecule has 0 fully saturated rings.